The molecule has 0 amide bonds. The van der Waals surface area contributed by atoms with Crippen molar-refractivity contribution in [2.45, 2.75) is 57.9 Å². The highest BCUT2D eigenvalue weighted by Gasteiger charge is 2.47. The molecule has 1 atom stereocenters. The van der Waals surface area contributed by atoms with Crippen LogP contribution in [0, 0.1) is 5.41 Å². The average Bonchev–Trinajstić information content (AvgIpc) is 3.21. The number of ether oxygens (including phenoxy) is 1. The number of pyridine rings is 1. The Morgan fingerprint density at radius 1 is 0.976 bits per heavy atom. The molecule has 6 heteroatoms. The average molecular weight is 561 g/mol. The summed E-state index contributed by atoms with van der Waals surface area (Å²) < 4.78 is 6.01. The van der Waals surface area contributed by atoms with Crippen LogP contribution < -0.4 is 9.64 Å². The summed E-state index contributed by atoms with van der Waals surface area (Å²) in [7, 11) is 1.73. The number of methoxy groups -OCH3 is 1. The molecule has 4 aromatic rings. The number of fused-ring (bicyclic) bond motifs is 2. The molecule has 0 spiro atoms. The molecule has 42 heavy (non-hydrogen) atoms. The molecule has 1 aromatic heterocycles. The number of ketones is 1. The third-order valence-electron chi connectivity index (χ3n) is 9.02. The van der Waals surface area contributed by atoms with Crippen LogP contribution in [-0.2, 0) is 11.0 Å². The van der Waals surface area contributed by atoms with Crippen LogP contribution in [0.4, 0.5) is 5.69 Å². The molecule has 6 rings (SSSR count). The summed E-state index contributed by atoms with van der Waals surface area (Å²) in [6.45, 7) is 10.6. The van der Waals surface area contributed by atoms with E-state index >= 15 is 0 Å². The number of nitrogens with zero attached hydrogens (tertiary/aromatic N) is 3. The molecule has 3 aromatic carbocycles. The van der Waals surface area contributed by atoms with Crippen LogP contribution in [0.25, 0.3) is 10.9 Å². The molecule has 1 unspecified atom stereocenters. The Hall–Kier alpha value is -4.19. The Bertz CT molecular complexity index is 1670. The maximum atomic E-state index is 14.3. The lowest BCUT2D eigenvalue weighted by Gasteiger charge is -2.37. The van der Waals surface area contributed by atoms with Crippen molar-refractivity contribution in [3.8, 4) is 5.75 Å². The van der Waals surface area contributed by atoms with Crippen LogP contribution in [0.2, 0.25) is 0 Å². The molecule has 0 aliphatic carbocycles. The predicted molar refractivity (Wildman–Crippen MR) is 170 cm³/mol. The van der Waals surface area contributed by atoms with Gasteiger partial charge in [-0.15, -0.1) is 0 Å². The highest BCUT2D eigenvalue weighted by atomic mass is 16.5. The van der Waals surface area contributed by atoms with Crippen molar-refractivity contribution in [2.75, 3.05) is 31.6 Å². The normalized spacial score (nSPS) is 18.8. The van der Waals surface area contributed by atoms with Crippen LogP contribution in [0.5, 0.6) is 5.75 Å². The van der Waals surface area contributed by atoms with Gasteiger partial charge in [0.25, 0.3) is 0 Å². The second kappa shape index (κ2) is 10.6. The largest absolute Gasteiger partial charge is 0.494 e. The standard InChI is InChI=1S/C36H40N4O2/c1-35(2,3)28-21-25(22-30(33(28)42-5)39-18-12-7-13-19-39)31(41)23-40-34(37)32-27(20-24-14-10-11-17-29(24)38-32)36(40,4)26-15-8-6-9-16-26/h6,8-11,14-17,20-22,37H,7,12-13,18-19,23H2,1-5H3. The van der Waals surface area contributed by atoms with E-state index in [1.54, 1.807) is 7.11 Å². The van der Waals surface area contributed by atoms with E-state index in [2.05, 4.69) is 56.9 Å². The monoisotopic (exact) mass is 560 g/mol. The van der Waals surface area contributed by atoms with Gasteiger partial charge in [0.05, 0.1) is 30.4 Å². The third-order valence-corrected chi connectivity index (χ3v) is 9.02. The minimum absolute atomic E-state index is 0.0225. The first-order chi connectivity index (χ1) is 20.1. The van der Waals surface area contributed by atoms with E-state index in [9.17, 15) is 10.2 Å². The first-order valence-corrected chi connectivity index (χ1v) is 15.0. The molecule has 216 valence electrons. The summed E-state index contributed by atoms with van der Waals surface area (Å²) >= 11 is 0. The highest BCUT2D eigenvalue weighted by Crippen LogP contribution is 2.45. The fraction of sp³-hybridized carbons (Fsp3) is 0.361. The van der Waals surface area contributed by atoms with E-state index < -0.39 is 5.54 Å². The van der Waals surface area contributed by atoms with Crippen molar-refractivity contribution in [1.82, 2.24) is 9.88 Å². The highest BCUT2D eigenvalue weighted by molar-refractivity contribution is 6.07. The Morgan fingerprint density at radius 2 is 1.67 bits per heavy atom. The predicted octanol–water partition coefficient (Wildman–Crippen LogP) is 7.32. The number of Topliss-reactive ketones (excluding diaryl/α,β-unsaturated/α-hetero) is 1. The van der Waals surface area contributed by atoms with Gasteiger partial charge in [-0.1, -0.05) is 69.3 Å². The van der Waals surface area contributed by atoms with Crippen LogP contribution in [0.3, 0.4) is 0 Å². The van der Waals surface area contributed by atoms with Gasteiger partial charge in [-0.05, 0) is 61.4 Å². The zero-order chi connectivity index (χ0) is 29.6. The minimum atomic E-state index is -0.727. The Balaban J connectivity index is 1.46. The zero-order valence-corrected chi connectivity index (χ0v) is 25.3. The molecule has 1 fully saturated rings. The number of nitrogens with one attached hydrogen (secondary N) is 1. The van der Waals surface area contributed by atoms with E-state index in [0.717, 1.165) is 65.0 Å². The minimum Gasteiger partial charge on any atom is -0.494 e. The molecule has 1 saturated heterocycles. The van der Waals surface area contributed by atoms with Gasteiger partial charge in [-0.3, -0.25) is 10.2 Å². The van der Waals surface area contributed by atoms with Crippen LogP contribution in [-0.4, -0.2) is 48.2 Å². The topological polar surface area (TPSA) is 69.5 Å². The lowest BCUT2D eigenvalue weighted by atomic mass is 9.83. The molecule has 1 N–H and O–H groups in total. The second-order valence-electron chi connectivity index (χ2n) is 12.7. The third kappa shape index (κ3) is 4.63. The van der Waals surface area contributed by atoms with Gasteiger partial charge in [0.15, 0.2) is 5.78 Å². The van der Waals surface area contributed by atoms with Crippen molar-refractivity contribution in [2.24, 2.45) is 0 Å². The molecule has 3 heterocycles. The number of hydrogen-bond acceptors (Lipinski definition) is 5. The summed E-state index contributed by atoms with van der Waals surface area (Å²) in [4.78, 5) is 23.6. The zero-order valence-electron chi connectivity index (χ0n) is 25.3. The van der Waals surface area contributed by atoms with Gasteiger partial charge < -0.3 is 14.5 Å². The van der Waals surface area contributed by atoms with Crippen molar-refractivity contribution in [3.05, 3.63) is 101 Å². The molecule has 2 aliphatic rings. The van der Waals surface area contributed by atoms with Crippen LogP contribution in [0.1, 0.15) is 79.7 Å². The molecular weight excluding hydrogens is 520 g/mol. The maximum Gasteiger partial charge on any atom is 0.182 e. The van der Waals surface area contributed by atoms with Crippen LogP contribution in [0.15, 0.2) is 72.8 Å². The van der Waals surface area contributed by atoms with Gasteiger partial charge in [-0.2, -0.15) is 0 Å². The molecule has 2 aliphatic heterocycles. The second-order valence-corrected chi connectivity index (χ2v) is 12.7. The number of hydrogen-bond donors (Lipinski definition) is 1. The number of para-hydroxylation sites is 1. The summed E-state index contributed by atoms with van der Waals surface area (Å²) in [6.07, 6.45) is 3.49. The van der Waals surface area contributed by atoms with E-state index in [1.165, 1.54) is 6.42 Å². The first kappa shape index (κ1) is 28.0. The van der Waals surface area contributed by atoms with Crippen molar-refractivity contribution in [1.29, 1.82) is 5.41 Å². The molecule has 0 saturated carbocycles. The van der Waals surface area contributed by atoms with Gasteiger partial charge in [0.1, 0.15) is 17.3 Å². The van der Waals surface area contributed by atoms with E-state index in [4.69, 9.17) is 9.72 Å². The van der Waals surface area contributed by atoms with Crippen LogP contribution >= 0.6 is 0 Å². The lowest BCUT2D eigenvalue weighted by molar-refractivity contribution is 0.0930. The number of anilines is 1. The maximum absolute atomic E-state index is 14.3. The Labute approximate surface area is 248 Å². The Kier molecular flexibility index (Phi) is 7.04. The fourth-order valence-electron chi connectivity index (χ4n) is 6.63. The number of rotatable bonds is 6. The SMILES string of the molecule is COc1c(N2CCCCC2)cc(C(=O)CN2C(=N)c3nc4ccccc4cc3C2(C)c2ccccc2)cc1C(C)(C)C. The van der Waals surface area contributed by atoms with Crippen molar-refractivity contribution in [3.63, 3.8) is 0 Å². The van der Waals surface area contributed by atoms with Gasteiger partial charge in [0.2, 0.25) is 0 Å². The van der Waals surface area contributed by atoms with E-state index in [0.29, 0.717) is 11.3 Å². The number of carbonyl (C=O) groups is 1. The summed E-state index contributed by atoms with van der Waals surface area (Å²) in [5.74, 6) is 1.11. The van der Waals surface area contributed by atoms with Crippen molar-refractivity contribution >= 4 is 28.2 Å². The summed E-state index contributed by atoms with van der Waals surface area (Å²) in [5, 5.41) is 10.3. The summed E-state index contributed by atoms with van der Waals surface area (Å²) in [6, 6.07) is 24.4. The van der Waals surface area contributed by atoms with Gasteiger partial charge in [0, 0.05) is 35.2 Å². The fourth-order valence-corrected chi connectivity index (χ4v) is 6.63. The number of piperidine rings is 1. The van der Waals surface area contributed by atoms with Gasteiger partial charge in [-0.25, -0.2) is 4.98 Å². The van der Waals surface area contributed by atoms with E-state index in [-0.39, 0.29) is 23.6 Å². The number of carbonyl (C=O) groups excluding carboxylic acids is 1. The summed E-state index contributed by atoms with van der Waals surface area (Å²) in [5.41, 5.74) is 5.18. The number of benzene rings is 3. The number of aromatic nitrogens is 1. The Morgan fingerprint density at radius 3 is 2.36 bits per heavy atom. The van der Waals surface area contributed by atoms with E-state index in [1.807, 2.05) is 53.4 Å². The molecular formula is C36H40N4O2. The quantitative estimate of drug-likeness (QED) is 0.250. The lowest BCUT2D eigenvalue weighted by Crippen LogP contribution is -2.45. The van der Waals surface area contributed by atoms with Gasteiger partial charge >= 0.3 is 0 Å². The van der Waals surface area contributed by atoms with Crippen molar-refractivity contribution < 1.29 is 9.53 Å². The number of amidine groups is 1. The molecule has 0 bridgehead atoms. The molecule has 0 radical (unpaired) electrons. The first-order valence-electron chi connectivity index (χ1n) is 15.0. The smallest absolute Gasteiger partial charge is 0.182 e. The molecule has 6 nitrogen and oxygen atoms in total.